The first-order chi connectivity index (χ1) is 14.7. The van der Waals surface area contributed by atoms with Gasteiger partial charge in [0, 0.05) is 35.1 Å². The fourth-order valence-corrected chi connectivity index (χ4v) is 3.07. The highest BCUT2D eigenvalue weighted by Gasteiger charge is 2.09. The van der Waals surface area contributed by atoms with Gasteiger partial charge in [-0.2, -0.15) is 0 Å². The molecular formula is C24H18ClN3O2. The Bertz CT molecular complexity index is 1150. The summed E-state index contributed by atoms with van der Waals surface area (Å²) in [4.78, 5) is 21.1. The van der Waals surface area contributed by atoms with Crippen molar-refractivity contribution in [3.63, 3.8) is 0 Å². The van der Waals surface area contributed by atoms with Crippen LogP contribution in [0.5, 0.6) is 11.8 Å². The predicted molar refractivity (Wildman–Crippen MR) is 117 cm³/mol. The lowest BCUT2D eigenvalue weighted by Gasteiger charge is -2.09. The van der Waals surface area contributed by atoms with Crippen molar-refractivity contribution >= 4 is 17.5 Å². The van der Waals surface area contributed by atoms with Crippen LogP contribution >= 0.6 is 11.6 Å². The van der Waals surface area contributed by atoms with Crippen molar-refractivity contribution in [1.82, 2.24) is 15.3 Å². The largest absolute Gasteiger partial charge is 0.424 e. The fourth-order valence-electron chi connectivity index (χ4n) is 2.87. The van der Waals surface area contributed by atoms with Crippen molar-refractivity contribution in [1.29, 1.82) is 0 Å². The minimum absolute atomic E-state index is 0.179. The average molecular weight is 416 g/mol. The molecule has 0 aliphatic carbocycles. The monoisotopic (exact) mass is 415 g/mol. The van der Waals surface area contributed by atoms with E-state index in [4.69, 9.17) is 16.3 Å². The van der Waals surface area contributed by atoms with E-state index in [9.17, 15) is 4.79 Å². The van der Waals surface area contributed by atoms with E-state index < -0.39 is 0 Å². The van der Waals surface area contributed by atoms with Gasteiger partial charge in [0.15, 0.2) is 0 Å². The van der Waals surface area contributed by atoms with Crippen LogP contribution in [0.4, 0.5) is 0 Å². The third kappa shape index (κ3) is 4.82. The Morgan fingerprint density at radius 3 is 2.37 bits per heavy atom. The quantitative estimate of drug-likeness (QED) is 0.450. The fraction of sp³-hybridized carbons (Fsp3) is 0.0417. The minimum Gasteiger partial charge on any atom is -0.424 e. The number of aromatic nitrogens is 2. The maximum atomic E-state index is 12.6. The van der Waals surface area contributed by atoms with E-state index in [-0.39, 0.29) is 11.9 Å². The highest BCUT2D eigenvalue weighted by atomic mass is 35.5. The molecular weight excluding hydrogens is 398 g/mol. The van der Waals surface area contributed by atoms with Crippen LogP contribution in [0.15, 0.2) is 91.3 Å². The van der Waals surface area contributed by atoms with Crippen LogP contribution in [0, 0.1) is 0 Å². The Kier molecular flexibility index (Phi) is 6.01. The molecule has 1 aromatic heterocycles. The normalized spacial score (nSPS) is 10.4. The molecule has 0 fully saturated rings. The SMILES string of the molecule is O=C(NCc1ccccc1Cl)c1cccc(-c2cnc(Oc3ccccc3)nc2)c1. The van der Waals surface area contributed by atoms with Crippen LogP contribution in [-0.4, -0.2) is 15.9 Å². The number of carbonyl (C=O) groups is 1. The number of ether oxygens (including phenoxy) is 1. The van der Waals surface area contributed by atoms with Gasteiger partial charge < -0.3 is 10.1 Å². The van der Waals surface area contributed by atoms with E-state index in [1.54, 1.807) is 30.6 Å². The first kappa shape index (κ1) is 19.6. The van der Waals surface area contributed by atoms with E-state index in [0.717, 1.165) is 16.7 Å². The van der Waals surface area contributed by atoms with Crippen LogP contribution in [0.2, 0.25) is 5.02 Å². The number of benzene rings is 3. The van der Waals surface area contributed by atoms with Crippen LogP contribution in [0.3, 0.4) is 0 Å². The molecule has 4 rings (SSSR count). The highest BCUT2D eigenvalue weighted by molar-refractivity contribution is 6.31. The van der Waals surface area contributed by atoms with Crippen molar-refractivity contribution in [2.75, 3.05) is 0 Å². The number of halogens is 1. The summed E-state index contributed by atoms with van der Waals surface area (Å²) in [5.41, 5.74) is 3.04. The Balaban J connectivity index is 1.45. The van der Waals surface area contributed by atoms with Crippen molar-refractivity contribution in [3.05, 3.63) is 107 Å². The van der Waals surface area contributed by atoms with Crippen LogP contribution in [-0.2, 0) is 6.54 Å². The van der Waals surface area contributed by atoms with Gasteiger partial charge >= 0.3 is 6.01 Å². The molecule has 1 heterocycles. The summed E-state index contributed by atoms with van der Waals surface area (Å²) in [6.45, 7) is 0.358. The molecule has 0 unspecified atom stereocenters. The minimum atomic E-state index is -0.179. The van der Waals surface area contributed by atoms with E-state index >= 15 is 0 Å². The molecule has 0 saturated heterocycles. The molecule has 0 aliphatic heterocycles. The third-order valence-electron chi connectivity index (χ3n) is 4.44. The standard InChI is InChI=1S/C24H18ClN3O2/c25-22-12-5-4-7-19(22)14-26-23(29)18-9-6-8-17(13-18)20-15-27-24(28-16-20)30-21-10-2-1-3-11-21/h1-13,15-16H,14H2,(H,26,29). The lowest BCUT2D eigenvalue weighted by Crippen LogP contribution is -2.22. The maximum Gasteiger partial charge on any atom is 0.321 e. The molecule has 0 aliphatic rings. The predicted octanol–water partition coefficient (Wildman–Crippen LogP) is 5.52. The Labute approximate surface area is 179 Å². The molecule has 1 N–H and O–H groups in total. The van der Waals surface area contributed by atoms with Crippen molar-refractivity contribution in [2.45, 2.75) is 6.54 Å². The van der Waals surface area contributed by atoms with Gasteiger partial charge in [-0.25, -0.2) is 9.97 Å². The second-order valence-corrected chi connectivity index (χ2v) is 6.93. The van der Waals surface area contributed by atoms with Gasteiger partial charge in [0.25, 0.3) is 5.91 Å². The smallest absolute Gasteiger partial charge is 0.321 e. The molecule has 0 bridgehead atoms. The Hall–Kier alpha value is -3.70. The van der Waals surface area contributed by atoms with Crippen molar-refractivity contribution in [2.24, 2.45) is 0 Å². The second-order valence-electron chi connectivity index (χ2n) is 6.52. The van der Waals surface area contributed by atoms with Gasteiger partial charge in [-0.1, -0.05) is 60.1 Å². The molecule has 0 saturated carbocycles. The van der Waals surface area contributed by atoms with Gasteiger partial charge in [0.1, 0.15) is 5.75 Å². The molecule has 4 aromatic rings. The van der Waals surface area contributed by atoms with Gasteiger partial charge in [-0.15, -0.1) is 0 Å². The lowest BCUT2D eigenvalue weighted by molar-refractivity contribution is 0.0951. The van der Waals surface area contributed by atoms with E-state index in [2.05, 4.69) is 15.3 Å². The summed E-state index contributed by atoms with van der Waals surface area (Å²) >= 11 is 6.15. The summed E-state index contributed by atoms with van der Waals surface area (Å²) in [7, 11) is 0. The van der Waals surface area contributed by atoms with Gasteiger partial charge in [-0.3, -0.25) is 4.79 Å². The Morgan fingerprint density at radius 2 is 1.60 bits per heavy atom. The van der Waals surface area contributed by atoms with Crippen molar-refractivity contribution in [3.8, 4) is 22.9 Å². The average Bonchev–Trinajstić information content (AvgIpc) is 2.80. The van der Waals surface area contributed by atoms with Crippen LogP contribution in [0.25, 0.3) is 11.1 Å². The molecule has 30 heavy (non-hydrogen) atoms. The molecule has 148 valence electrons. The van der Waals surface area contributed by atoms with Crippen LogP contribution < -0.4 is 10.1 Å². The van der Waals surface area contributed by atoms with Gasteiger partial charge in [-0.05, 0) is 41.5 Å². The summed E-state index contributed by atoms with van der Waals surface area (Å²) in [5, 5.41) is 3.52. The van der Waals surface area contributed by atoms with E-state index in [0.29, 0.717) is 22.9 Å². The molecule has 0 radical (unpaired) electrons. The Morgan fingerprint density at radius 1 is 0.867 bits per heavy atom. The highest BCUT2D eigenvalue weighted by Crippen LogP contribution is 2.22. The summed E-state index contributed by atoms with van der Waals surface area (Å²) in [6, 6.07) is 24.3. The number of carbonyl (C=O) groups excluding carboxylic acids is 1. The molecule has 6 heteroatoms. The zero-order valence-corrected chi connectivity index (χ0v) is 16.7. The van der Waals surface area contributed by atoms with Gasteiger partial charge in [0.05, 0.1) is 0 Å². The third-order valence-corrected chi connectivity index (χ3v) is 4.80. The molecule has 1 amide bonds. The molecule has 5 nitrogen and oxygen atoms in total. The summed E-state index contributed by atoms with van der Waals surface area (Å²) in [5.74, 6) is 0.490. The summed E-state index contributed by atoms with van der Waals surface area (Å²) in [6.07, 6.45) is 3.35. The number of nitrogens with one attached hydrogen (secondary N) is 1. The molecule has 0 spiro atoms. The molecule has 3 aromatic carbocycles. The number of rotatable bonds is 6. The lowest BCUT2D eigenvalue weighted by atomic mass is 10.1. The zero-order valence-electron chi connectivity index (χ0n) is 16.0. The molecule has 0 atom stereocenters. The number of para-hydroxylation sites is 1. The van der Waals surface area contributed by atoms with Crippen LogP contribution in [0.1, 0.15) is 15.9 Å². The zero-order chi connectivity index (χ0) is 20.8. The number of hydrogen-bond donors (Lipinski definition) is 1. The van der Waals surface area contributed by atoms with E-state index in [1.165, 1.54) is 0 Å². The van der Waals surface area contributed by atoms with E-state index in [1.807, 2.05) is 60.7 Å². The number of nitrogens with zero attached hydrogens (tertiary/aromatic N) is 2. The maximum absolute atomic E-state index is 12.6. The number of hydrogen-bond acceptors (Lipinski definition) is 4. The summed E-state index contributed by atoms with van der Waals surface area (Å²) < 4.78 is 5.62. The topological polar surface area (TPSA) is 64.1 Å². The van der Waals surface area contributed by atoms with Crippen molar-refractivity contribution < 1.29 is 9.53 Å². The first-order valence-electron chi connectivity index (χ1n) is 9.36. The first-order valence-corrected chi connectivity index (χ1v) is 9.74. The van der Waals surface area contributed by atoms with Gasteiger partial charge in [0.2, 0.25) is 0 Å². The second kappa shape index (κ2) is 9.20. The number of amides is 1.